The number of nitriles is 1. The van der Waals surface area contributed by atoms with E-state index in [4.69, 9.17) is 5.26 Å². The predicted molar refractivity (Wildman–Crippen MR) is 50.5 cm³/mol. The van der Waals surface area contributed by atoms with Crippen molar-refractivity contribution >= 4 is 16.9 Å². The van der Waals surface area contributed by atoms with Crippen LogP contribution in [0.25, 0.3) is 0 Å². The minimum Gasteiger partial charge on any atom is -0.390 e. The third-order valence-corrected chi connectivity index (χ3v) is 2.10. The molecule has 0 aliphatic rings. The van der Waals surface area contributed by atoms with Crippen molar-refractivity contribution in [2.45, 2.75) is 13.8 Å². The molecule has 0 saturated heterocycles. The van der Waals surface area contributed by atoms with Gasteiger partial charge in [-0.05, 0) is 12.7 Å². The van der Waals surface area contributed by atoms with Crippen LogP contribution in [0.3, 0.4) is 0 Å². The fourth-order valence-corrected chi connectivity index (χ4v) is 1.22. The second-order valence-corrected chi connectivity index (χ2v) is 3.32. The van der Waals surface area contributed by atoms with Crippen molar-refractivity contribution in [2.24, 2.45) is 0 Å². The van der Waals surface area contributed by atoms with Crippen molar-refractivity contribution in [1.29, 1.82) is 5.26 Å². The zero-order valence-electron chi connectivity index (χ0n) is 7.47. The Hall–Kier alpha value is -0.950. The highest BCUT2D eigenvalue weighted by atomic mass is 32.2. The van der Waals surface area contributed by atoms with Crippen molar-refractivity contribution < 1.29 is 4.79 Å². The molecular formula is C8H12N2OS. The molecule has 0 spiro atoms. The Balaban J connectivity index is 4.59. The highest BCUT2D eigenvalue weighted by Gasteiger charge is 2.10. The number of hydrogen-bond acceptors (Lipinski definition) is 4. The maximum atomic E-state index is 11.2. The molecule has 66 valence electrons. The van der Waals surface area contributed by atoms with Gasteiger partial charge in [-0.15, -0.1) is 0 Å². The number of hydrogen-bond donors (Lipinski definition) is 1. The molecule has 4 heteroatoms. The monoisotopic (exact) mass is 184 g/mol. The number of nitrogens with one attached hydrogen (secondary N) is 1. The van der Waals surface area contributed by atoms with E-state index in [2.05, 4.69) is 5.32 Å². The third-order valence-electron chi connectivity index (χ3n) is 1.34. The van der Waals surface area contributed by atoms with Crippen LogP contribution < -0.4 is 5.32 Å². The summed E-state index contributed by atoms with van der Waals surface area (Å²) in [6, 6.07) is 1.88. The Labute approximate surface area is 76.8 Å². The van der Waals surface area contributed by atoms with Gasteiger partial charge in [-0.3, -0.25) is 4.79 Å². The van der Waals surface area contributed by atoms with Crippen molar-refractivity contribution in [3.63, 3.8) is 0 Å². The van der Waals surface area contributed by atoms with Crippen LogP contribution in [-0.4, -0.2) is 17.9 Å². The summed E-state index contributed by atoms with van der Waals surface area (Å²) in [5, 5.41) is 11.3. The molecule has 0 aliphatic carbocycles. The first-order chi connectivity index (χ1) is 5.67. The molecule has 0 heterocycles. The van der Waals surface area contributed by atoms with Gasteiger partial charge in [0.05, 0.1) is 0 Å². The Morgan fingerprint density at radius 1 is 1.67 bits per heavy atom. The minimum atomic E-state index is -0.160. The number of rotatable bonds is 3. The summed E-state index contributed by atoms with van der Waals surface area (Å²) in [7, 11) is 1.69. The normalized spacial score (nSPS) is 11.5. The fraction of sp³-hybridized carbons (Fsp3) is 0.500. The first-order valence-electron chi connectivity index (χ1n) is 3.63. The van der Waals surface area contributed by atoms with Crippen LogP contribution in [0.2, 0.25) is 0 Å². The number of carbonyl (C=O) groups excluding carboxylic acids is 1. The van der Waals surface area contributed by atoms with Gasteiger partial charge >= 0.3 is 0 Å². The first kappa shape index (κ1) is 11.1. The van der Waals surface area contributed by atoms with E-state index < -0.39 is 0 Å². The van der Waals surface area contributed by atoms with Crippen LogP contribution in [0.4, 0.5) is 0 Å². The quantitative estimate of drug-likeness (QED) is 0.530. The Morgan fingerprint density at radius 2 is 2.25 bits per heavy atom. The summed E-state index contributed by atoms with van der Waals surface area (Å²) in [6.07, 6.45) is 0. The van der Waals surface area contributed by atoms with Crippen LogP contribution in [0.5, 0.6) is 0 Å². The molecule has 0 aromatic rings. The van der Waals surface area contributed by atoms with Crippen LogP contribution in [0.1, 0.15) is 13.8 Å². The van der Waals surface area contributed by atoms with Gasteiger partial charge in [0.1, 0.15) is 11.6 Å². The third kappa shape index (κ3) is 2.97. The first-order valence-corrected chi connectivity index (χ1v) is 4.61. The van der Waals surface area contributed by atoms with Gasteiger partial charge in [-0.1, -0.05) is 18.7 Å². The van der Waals surface area contributed by atoms with Gasteiger partial charge in [-0.25, -0.2) is 0 Å². The van der Waals surface area contributed by atoms with E-state index in [0.29, 0.717) is 11.4 Å². The number of carbonyl (C=O) groups is 1. The summed E-state index contributed by atoms with van der Waals surface area (Å²) in [6.45, 7) is 3.60. The second kappa shape index (κ2) is 5.67. The van der Waals surface area contributed by atoms with Crippen molar-refractivity contribution in [3.05, 3.63) is 11.3 Å². The highest BCUT2D eigenvalue weighted by Crippen LogP contribution is 2.11. The van der Waals surface area contributed by atoms with E-state index in [9.17, 15) is 4.79 Å². The lowest BCUT2D eigenvalue weighted by molar-refractivity contribution is -0.107. The fourth-order valence-electron chi connectivity index (χ4n) is 0.611. The molecule has 3 nitrogen and oxygen atoms in total. The van der Waals surface area contributed by atoms with Crippen molar-refractivity contribution in [2.75, 3.05) is 12.8 Å². The largest absolute Gasteiger partial charge is 0.390 e. The van der Waals surface area contributed by atoms with Crippen LogP contribution in [0, 0.1) is 11.3 Å². The molecule has 0 bridgehead atoms. The average molecular weight is 184 g/mol. The molecule has 12 heavy (non-hydrogen) atoms. The maximum Gasteiger partial charge on any atom is 0.231 e. The lowest BCUT2D eigenvalue weighted by Crippen LogP contribution is -2.09. The van der Waals surface area contributed by atoms with Gasteiger partial charge < -0.3 is 5.32 Å². The average Bonchev–Trinajstić information content (AvgIpc) is 2.06. The topological polar surface area (TPSA) is 52.9 Å². The zero-order chi connectivity index (χ0) is 9.56. The lowest BCUT2D eigenvalue weighted by Gasteiger charge is -2.01. The second-order valence-electron chi connectivity index (χ2n) is 2.08. The van der Waals surface area contributed by atoms with E-state index in [1.807, 2.05) is 13.0 Å². The molecule has 0 rings (SSSR count). The van der Waals surface area contributed by atoms with E-state index in [-0.39, 0.29) is 10.7 Å². The van der Waals surface area contributed by atoms with Crippen LogP contribution >= 0.6 is 11.8 Å². The molecule has 1 N–H and O–H groups in total. The maximum absolute atomic E-state index is 11.2. The van der Waals surface area contributed by atoms with Crippen LogP contribution in [0.15, 0.2) is 11.3 Å². The van der Waals surface area contributed by atoms with Gasteiger partial charge in [0.2, 0.25) is 5.12 Å². The Kier molecular flexibility index (Phi) is 5.22. The van der Waals surface area contributed by atoms with Gasteiger partial charge in [-0.2, -0.15) is 5.26 Å². The molecule has 0 unspecified atom stereocenters. The minimum absolute atomic E-state index is 0.160. The van der Waals surface area contributed by atoms with Gasteiger partial charge in [0.25, 0.3) is 0 Å². The molecule has 0 fully saturated rings. The van der Waals surface area contributed by atoms with Gasteiger partial charge in [0.15, 0.2) is 0 Å². The van der Waals surface area contributed by atoms with E-state index in [1.54, 1.807) is 14.0 Å². The summed E-state index contributed by atoms with van der Waals surface area (Å²) in [4.78, 5) is 11.2. The Bertz CT molecular complexity index is 240. The molecule has 0 radical (unpaired) electrons. The molecule has 0 amide bonds. The summed E-state index contributed by atoms with van der Waals surface area (Å²) >= 11 is 1.15. The molecular weight excluding hydrogens is 172 g/mol. The van der Waals surface area contributed by atoms with E-state index in [0.717, 1.165) is 11.8 Å². The van der Waals surface area contributed by atoms with E-state index >= 15 is 0 Å². The molecule has 0 aliphatic heterocycles. The summed E-state index contributed by atoms with van der Waals surface area (Å²) in [5.41, 5.74) is 0.841. The van der Waals surface area contributed by atoms with Crippen molar-refractivity contribution in [1.82, 2.24) is 5.32 Å². The Morgan fingerprint density at radius 3 is 2.58 bits per heavy atom. The molecule has 0 aromatic heterocycles. The molecule has 0 atom stereocenters. The highest BCUT2D eigenvalue weighted by molar-refractivity contribution is 8.14. The number of allylic oxidation sites excluding steroid dienone is 1. The number of thioether (sulfide) groups is 1. The smallest absolute Gasteiger partial charge is 0.231 e. The zero-order valence-corrected chi connectivity index (χ0v) is 8.29. The van der Waals surface area contributed by atoms with Gasteiger partial charge in [0, 0.05) is 12.7 Å². The lowest BCUT2D eigenvalue weighted by atomic mass is 10.2. The van der Waals surface area contributed by atoms with E-state index in [1.165, 1.54) is 0 Å². The van der Waals surface area contributed by atoms with Crippen LogP contribution in [-0.2, 0) is 4.79 Å². The SMILES string of the molecule is CCSC(=O)/C(C#N)=C(\C)NC. The summed E-state index contributed by atoms with van der Waals surface area (Å²) < 4.78 is 0. The number of nitrogens with zero attached hydrogens (tertiary/aromatic N) is 1. The molecule has 0 aromatic carbocycles. The predicted octanol–water partition coefficient (Wildman–Crippen LogP) is 1.28. The summed E-state index contributed by atoms with van der Waals surface area (Å²) in [5.74, 6) is 0.695. The standard InChI is InChI=1S/C8H12N2OS/c1-4-12-8(11)7(5-9)6(2)10-3/h10H,4H2,1-3H3/b7-6+. The van der Waals surface area contributed by atoms with Crippen molar-refractivity contribution in [3.8, 4) is 6.07 Å². The molecule has 0 saturated carbocycles.